The topological polar surface area (TPSA) is 98.0 Å². The van der Waals surface area contributed by atoms with Crippen molar-refractivity contribution in [1.29, 1.82) is 0 Å². The Kier molecular flexibility index (Phi) is 4.07. The van der Waals surface area contributed by atoms with Crippen molar-refractivity contribution < 1.29 is 26.6 Å². The van der Waals surface area contributed by atoms with Gasteiger partial charge in [-0.05, 0) is 0 Å². The quantitative estimate of drug-likeness (QED) is 0.343. The van der Waals surface area contributed by atoms with E-state index >= 15 is 0 Å². The summed E-state index contributed by atoms with van der Waals surface area (Å²) in [5.74, 6) is 0. The summed E-state index contributed by atoms with van der Waals surface area (Å²) in [6.07, 6.45) is -6.26. The molecule has 0 amide bonds. The minimum absolute atomic E-state index is 0.137. The first-order valence-electron chi connectivity index (χ1n) is 3.65. The fourth-order valence-electron chi connectivity index (χ4n) is 0.530. The van der Waals surface area contributed by atoms with Crippen LogP contribution in [0.25, 0.3) is 0 Å². The van der Waals surface area contributed by atoms with Crippen LogP contribution in [0.3, 0.4) is 0 Å². The van der Waals surface area contributed by atoms with Gasteiger partial charge in [-0.1, -0.05) is 0 Å². The SMILES string of the molecule is [3H][C@@H](C=O)[C@@H](O)[C@H](O)[C@H](O)CO. The molecule has 0 saturated carbocycles. The minimum atomic E-state index is -1.68. The van der Waals surface area contributed by atoms with Gasteiger partial charge in [-0.15, -0.1) is 0 Å². The molecule has 5 nitrogen and oxygen atoms in total. The summed E-state index contributed by atoms with van der Waals surface area (Å²) in [6.45, 7) is -0.732. The van der Waals surface area contributed by atoms with E-state index in [4.69, 9.17) is 21.8 Å². The Morgan fingerprint density at radius 3 is 2.27 bits per heavy atom. The van der Waals surface area contributed by atoms with Gasteiger partial charge < -0.3 is 25.2 Å². The fourth-order valence-corrected chi connectivity index (χ4v) is 0.530. The average Bonchev–Trinajstić information content (AvgIpc) is 2.12. The predicted molar refractivity (Wildman–Crippen MR) is 35.8 cm³/mol. The van der Waals surface area contributed by atoms with Crippen molar-refractivity contribution >= 4 is 6.29 Å². The molecule has 0 aromatic carbocycles. The highest BCUT2D eigenvalue weighted by atomic mass is 16.4. The first-order chi connectivity index (χ1) is 5.54. The smallest absolute Gasteiger partial charge is 0.122 e. The summed E-state index contributed by atoms with van der Waals surface area (Å²) in [6, 6.07) is 0. The van der Waals surface area contributed by atoms with Crippen LogP contribution in [0.1, 0.15) is 7.77 Å². The highest BCUT2D eigenvalue weighted by Gasteiger charge is 2.23. The molecule has 0 aliphatic carbocycles. The van der Waals surface area contributed by atoms with E-state index in [9.17, 15) is 4.79 Å². The minimum Gasteiger partial charge on any atom is -0.394 e. The van der Waals surface area contributed by atoms with Crippen LogP contribution in [-0.2, 0) is 4.79 Å². The number of aliphatic hydroxyl groups is 4. The lowest BCUT2D eigenvalue weighted by Gasteiger charge is -2.19. The first-order valence-corrected chi connectivity index (χ1v) is 3.07. The Hall–Kier alpha value is -0.490. The van der Waals surface area contributed by atoms with Crippen molar-refractivity contribution in [2.75, 3.05) is 6.61 Å². The Labute approximate surface area is 65.3 Å². The molecule has 0 unspecified atom stereocenters. The molecule has 11 heavy (non-hydrogen) atoms. The van der Waals surface area contributed by atoms with E-state index < -0.39 is 31.3 Å². The number of hydrogen-bond acceptors (Lipinski definition) is 5. The monoisotopic (exact) mass is 166 g/mol. The molecule has 5 heteroatoms. The second kappa shape index (κ2) is 5.20. The lowest BCUT2D eigenvalue weighted by Crippen LogP contribution is -2.39. The van der Waals surface area contributed by atoms with Crippen LogP contribution in [-0.4, -0.2) is 51.6 Å². The Morgan fingerprint density at radius 2 is 1.91 bits per heavy atom. The molecule has 0 heterocycles. The van der Waals surface area contributed by atoms with E-state index in [1.165, 1.54) is 0 Å². The molecule has 0 saturated heterocycles. The number of aldehydes is 1. The number of aliphatic hydroxyl groups excluding tert-OH is 4. The molecular formula is C6H12O5. The highest BCUT2D eigenvalue weighted by Crippen LogP contribution is 2.01. The van der Waals surface area contributed by atoms with E-state index in [0.29, 0.717) is 0 Å². The van der Waals surface area contributed by atoms with Crippen LogP contribution in [0.4, 0.5) is 0 Å². The van der Waals surface area contributed by atoms with Gasteiger partial charge in [0.15, 0.2) is 0 Å². The lowest BCUT2D eigenvalue weighted by molar-refractivity contribution is -0.115. The maximum Gasteiger partial charge on any atom is 0.122 e. The molecule has 0 rings (SSSR count). The maximum atomic E-state index is 9.96. The zero-order chi connectivity index (χ0) is 9.72. The molecule has 0 aliphatic heterocycles. The van der Waals surface area contributed by atoms with Crippen molar-refractivity contribution in [1.82, 2.24) is 0 Å². The summed E-state index contributed by atoms with van der Waals surface area (Å²) in [4.78, 5) is 9.96. The predicted octanol–water partition coefficient (Wildman–Crippen LogP) is -2.35. The van der Waals surface area contributed by atoms with Crippen LogP contribution in [0, 0.1) is 0 Å². The summed E-state index contributed by atoms with van der Waals surface area (Å²) >= 11 is 0. The third-order valence-electron chi connectivity index (χ3n) is 1.21. The molecule has 0 aromatic heterocycles. The Balaban J connectivity index is 4.07. The van der Waals surface area contributed by atoms with Crippen LogP contribution in [0.2, 0.25) is 0 Å². The molecule has 0 fully saturated rings. The van der Waals surface area contributed by atoms with E-state index in [2.05, 4.69) is 0 Å². The van der Waals surface area contributed by atoms with Gasteiger partial charge in [0.1, 0.15) is 18.5 Å². The Bertz CT molecular complexity index is 142. The largest absolute Gasteiger partial charge is 0.394 e. The van der Waals surface area contributed by atoms with Crippen LogP contribution in [0.5, 0.6) is 0 Å². The first kappa shape index (κ1) is 8.61. The van der Waals surface area contributed by atoms with Gasteiger partial charge in [0.2, 0.25) is 0 Å². The second-order valence-corrected chi connectivity index (χ2v) is 2.06. The van der Waals surface area contributed by atoms with E-state index in [0.717, 1.165) is 0 Å². The molecule has 0 radical (unpaired) electrons. The summed E-state index contributed by atoms with van der Waals surface area (Å²) in [5, 5.41) is 35.0. The molecule has 0 bridgehead atoms. The van der Waals surface area contributed by atoms with E-state index in [1.807, 2.05) is 0 Å². The number of hydrogen-bond donors (Lipinski definition) is 4. The van der Waals surface area contributed by atoms with Gasteiger partial charge in [-0.25, -0.2) is 0 Å². The normalized spacial score (nSPS) is 23.1. The fraction of sp³-hybridized carbons (Fsp3) is 0.833. The van der Waals surface area contributed by atoms with Crippen LogP contribution >= 0.6 is 0 Å². The summed E-state index contributed by atoms with van der Waals surface area (Å²) in [5.41, 5.74) is 0. The van der Waals surface area contributed by atoms with Gasteiger partial charge in [0.05, 0.1) is 12.7 Å². The Morgan fingerprint density at radius 1 is 1.36 bits per heavy atom. The maximum absolute atomic E-state index is 9.96. The second-order valence-electron chi connectivity index (χ2n) is 2.06. The van der Waals surface area contributed by atoms with Crippen LogP contribution in [0.15, 0.2) is 0 Å². The van der Waals surface area contributed by atoms with Gasteiger partial charge in [0.25, 0.3) is 0 Å². The number of carbonyl (C=O) groups excluding carboxylic acids is 1. The molecule has 66 valence electrons. The zero-order valence-corrected chi connectivity index (χ0v) is 5.79. The summed E-state index contributed by atoms with van der Waals surface area (Å²) in [7, 11) is 0. The molecule has 0 aliphatic rings. The standard InChI is InChI=1S/C6H12O5/c7-2-1-4(9)6(11)5(10)3-8/h2,4-6,8-11H,1,3H2/t4-,5-,6+/m1/s1/i1T/t1-,4+,5+,6-/m0. The van der Waals surface area contributed by atoms with E-state index in [1.54, 1.807) is 0 Å². The lowest BCUT2D eigenvalue weighted by atomic mass is 10.1. The molecule has 0 aromatic rings. The van der Waals surface area contributed by atoms with Gasteiger partial charge >= 0.3 is 0 Å². The van der Waals surface area contributed by atoms with E-state index in [-0.39, 0.29) is 6.29 Å². The van der Waals surface area contributed by atoms with Crippen molar-refractivity contribution in [2.45, 2.75) is 24.7 Å². The van der Waals surface area contributed by atoms with Crippen molar-refractivity contribution in [3.05, 3.63) is 0 Å². The van der Waals surface area contributed by atoms with Crippen molar-refractivity contribution in [3.8, 4) is 0 Å². The molecule has 0 spiro atoms. The third-order valence-corrected chi connectivity index (χ3v) is 1.21. The molecular weight excluding hydrogens is 152 g/mol. The van der Waals surface area contributed by atoms with Gasteiger partial charge in [0, 0.05) is 7.77 Å². The van der Waals surface area contributed by atoms with Crippen molar-refractivity contribution in [2.24, 2.45) is 0 Å². The zero-order valence-electron chi connectivity index (χ0n) is 6.79. The number of carbonyl (C=O) groups is 1. The average molecular weight is 166 g/mol. The third kappa shape index (κ3) is 3.43. The van der Waals surface area contributed by atoms with Gasteiger partial charge in [-0.3, -0.25) is 0 Å². The molecule has 4 atom stereocenters. The summed E-state index contributed by atoms with van der Waals surface area (Å²) < 4.78 is 6.85. The molecule has 4 N–H and O–H groups in total. The highest BCUT2D eigenvalue weighted by molar-refractivity contribution is 5.50. The van der Waals surface area contributed by atoms with Crippen LogP contribution < -0.4 is 0 Å². The van der Waals surface area contributed by atoms with Gasteiger partial charge in [-0.2, -0.15) is 0 Å². The number of rotatable bonds is 5. The van der Waals surface area contributed by atoms with Crippen molar-refractivity contribution in [3.63, 3.8) is 0 Å².